The number of rotatable bonds is 9. The number of hydrogen-bond acceptors (Lipinski definition) is 0. The van der Waals surface area contributed by atoms with E-state index >= 15 is 0 Å². The summed E-state index contributed by atoms with van der Waals surface area (Å²) in [4.78, 5) is 0. The molecule has 0 amide bonds. The maximum Gasteiger partial charge on any atom is 0.394 e. The van der Waals surface area contributed by atoms with Crippen LogP contribution < -0.4 is 0 Å². The molecule has 0 aromatic carbocycles. The first-order valence-corrected chi connectivity index (χ1v) is 9.01. The van der Waals surface area contributed by atoms with Crippen molar-refractivity contribution in [3.63, 3.8) is 0 Å². The zero-order valence-corrected chi connectivity index (χ0v) is 13.9. The van der Waals surface area contributed by atoms with Crippen molar-refractivity contribution in [1.29, 1.82) is 0 Å². The van der Waals surface area contributed by atoms with Gasteiger partial charge in [0.05, 0.1) is 5.41 Å². The van der Waals surface area contributed by atoms with Crippen LogP contribution in [0, 0.1) is 11.3 Å². The second-order valence-corrected chi connectivity index (χ2v) is 7.03. The molecule has 1 aliphatic carbocycles. The molecular weight excluding hydrogens is 273 g/mol. The van der Waals surface area contributed by atoms with Crippen LogP contribution in [0.2, 0.25) is 0 Å². The summed E-state index contributed by atoms with van der Waals surface area (Å²) in [5.41, 5.74) is -1.38. The molecule has 0 bridgehead atoms. The standard InChI is InChI=1S/C18H33F3/c1-3-4-5-6-7-8-10-13-16(2)17(18(19,20)21)14-11-9-12-15-17/h16H,3-15H2,1-2H3. The summed E-state index contributed by atoms with van der Waals surface area (Å²) < 4.78 is 40.7. The highest BCUT2D eigenvalue weighted by atomic mass is 19.4. The maximum absolute atomic E-state index is 13.6. The molecule has 0 N–H and O–H groups in total. The largest absolute Gasteiger partial charge is 0.394 e. The molecule has 1 aliphatic rings. The van der Waals surface area contributed by atoms with Crippen molar-refractivity contribution in [3.8, 4) is 0 Å². The van der Waals surface area contributed by atoms with E-state index in [9.17, 15) is 13.2 Å². The third kappa shape index (κ3) is 5.49. The monoisotopic (exact) mass is 306 g/mol. The van der Waals surface area contributed by atoms with E-state index in [4.69, 9.17) is 0 Å². The van der Waals surface area contributed by atoms with Crippen LogP contribution in [0.5, 0.6) is 0 Å². The van der Waals surface area contributed by atoms with Gasteiger partial charge in [-0.15, -0.1) is 0 Å². The molecule has 0 nitrogen and oxygen atoms in total. The van der Waals surface area contributed by atoms with Gasteiger partial charge in [-0.25, -0.2) is 0 Å². The van der Waals surface area contributed by atoms with Gasteiger partial charge in [-0.2, -0.15) is 13.2 Å². The molecular formula is C18H33F3. The zero-order valence-electron chi connectivity index (χ0n) is 13.9. The molecule has 1 saturated carbocycles. The van der Waals surface area contributed by atoms with E-state index in [2.05, 4.69) is 6.92 Å². The Morgan fingerprint density at radius 1 is 0.857 bits per heavy atom. The second-order valence-electron chi connectivity index (χ2n) is 7.03. The van der Waals surface area contributed by atoms with Gasteiger partial charge in [0.25, 0.3) is 0 Å². The van der Waals surface area contributed by atoms with E-state index in [0.29, 0.717) is 12.8 Å². The van der Waals surface area contributed by atoms with Gasteiger partial charge in [-0.3, -0.25) is 0 Å². The first-order valence-electron chi connectivity index (χ1n) is 9.01. The predicted octanol–water partition coefficient (Wildman–Crippen LogP) is 7.28. The molecule has 1 unspecified atom stereocenters. The zero-order chi connectivity index (χ0) is 15.8. The summed E-state index contributed by atoms with van der Waals surface area (Å²) in [6.07, 6.45) is 8.20. The summed E-state index contributed by atoms with van der Waals surface area (Å²) >= 11 is 0. The van der Waals surface area contributed by atoms with Crippen molar-refractivity contribution in [2.75, 3.05) is 0 Å². The Labute approximate surface area is 128 Å². The van der Waals surface area contributed by atoms with Crippen molar-refractivity contribution >= 4 is 0 Å². The van der Waals surface area contributed by atoms with Crippen LogP contribution >= 0.6 is 0 Å². The lowest BCUT2D eigenvalue weighted by Gasteiger charge is -2.43. The van der Waals surface area contributed by atoms with Gasteiger partial charge < -0.3 is 0 Å². The molecule has 0 saturated heterocycles. The van der Waals surface area contributed by atoms with E-state index < -0.39 is 11.6 Å². The van der Waals surface area contributed by atoms with Gasteiger partial charge in [-0.05, 0) is 25.2 Å². The van der Waals surface area contributed by atoms with E-state index in [-0.39, 0.29) is 5.92 Å². The lowest BCUT2D eigenvalue weighted by atomic mass is 9.64. The summed E-state index contributed by atoms with van der Waals surface area (Å²) in [7, 11) is 0. The van der Waals surface area contributed by atoms with Crippen LogP contribution in [0.25, 0.3) is 0 Å². The fourth-order valence-electron chi connectivity index (χ4n) is 3.92. The Morgan fingerprint density at radius 2 is 1.38 bits per heavy atom. The average molecular weight is 306 g/mol. The van der Waals surface area contributed by atoms with Crippen molar-refractivity contribution < 1.29 is 13.2 Å². The molecule has 0 heterocycles. The van der Waals surface area contributed by atoms with E-state index in [1.807, 2.05) is 6.92 Å². The summed E-state index contributed by atoms with van der Waals surface area (Å²) in [6, 6.07) is 0. The number of hydrogen-bond donors (Lipinski definition) is 0. The van der Waals surface area contributed by atoms with Crippen LogP contribution in [-0.4, -0.2) is 6.18 Å². The molecule has 3 heteroatoms. The summed E-state index contributed by atoms with van der Waals surface area (Å²) in [6.45, 7) is 4.04. The van der Waals surface area contributed by atoms with Gasteiger partial charge in [0.15, 0.2) is 0 Å². The van der Waals surface area contributed by atoms with Crippen LogP contribution in [0.4, 0.5) is 13.2 Å². The Kier molecular flexibility index (Phi) is 8.12. The predicted molar refractivity (Wildman–Crippen MR) is 83.3 cm³/mol. The van der Waals surface area contributed by atoms with Crippen LogP contribution in [0.3, 0.4) is 0 Å². The molecule has 0 spiro atoms. The highest BCUT2D eigenvalue weighted by Crippen LogP contribution is 2.54. The quantitative estimate of drug-likeness (QED) is 0.393. The van der Waals surface area contributed by atoms with Crippen molar-refractivity contribution in [2.24, 2.45) is 11.3 Å². The molecule has 0 aromatic rings. The molecule has 1 fully saturated rings. The van der Waals surface area contributed by atoms with Gasteiger partial charge in [0, 0.05) is 0 Å². The Bertz CT molecular complexity index is 264. The highest BCUT2D eigenvalue weighted by molar-refractivity contribution is 4.93. The first-order chi connectivity index (χ1) is 9.94. The van der Waals surface area contributed by atoms with E-state index in [0.717, 1.165) is 38.5 Å². The fraction of sp³-hybridized carbons (Fsp3) is 1.00. The third-order valence-electron chi connectivity index (χ3n) is 5.49. The van der Waals surface area contributed by atoms with Gasteiger partial charge in [-0.1, -0.05) is 78.1 Å². The fourth-order valence-corrected chi connectivity index (χ4v) is 3.92. The van der Waals surface area contributed by atoms with Crippen LogP contribution in [0.1, 0.15) is 97.3 Å². The minimum Gasteiger partial charge on any atom is -0.170 e. The number of unbranched alkanes of at least 4 members (excludes halogenated alkanes) is 6. The lowest BCUT2D eigenvalue weighted by Crippen LogP contribution is -2.45. The Morgan fingerprint density at radius 3 is 1.90 bits per heavy atom. The molecule has 21 heavy (non-hydrogen) atoms. The highest BCUT2D eigenvalue weighted by Gasteiger charge is 2.56. The van der Waals surface area contributed by atoms with Crippen molar-refractivity contribution in [3.05, 3.63) is 0 Å². The van der Waals surface area contributed by atoms with Gasteiger partial charge in [0.1, 0.15) is 0 Å². The van der Waals surface area contributed by atoms with Gasteiger partial charge in [0.2, 0.25) is 0 Å². The van der Waals surface area contributed by atoms with Gasteiger partial charge >= 0.3 is 6.18 Å². The molecule has 0 radical (unpaired) electrons. The summed E-state index contributed by atoms with van der Waals surface area (Å²) in [5.74, 6) is -0.214. The Balaban J connectivity index is 2.35. The number of alkyl halides is 3. The first kappa shape index (κ1) is 18.8. The normalized spacial score (nSPS) is 20.4. The maximum atomic E-state index is 13.6. The lowest BCUT2D eigenvalue weighted by molar-refractivity contribution is -0.253. The minimum absolute atomic E-state index is 0.214. The third-order valence-corrected chi connectivity index (χ3v) is 5.49. The molecule has 0 aromatic heterocycles. The summed E-state index contributed by atoms with van der Waals surface area (Å²) in [5, 5.41) is 0. The molecule has 0 aliphatic heterocycles. The van der Waals surface area contributed by atoms with E-state index in [1.54, 1.807) is 0 Å². The molecule has 126 valence electrons. The van der Waals surface area contributed by atoms with Crippen molar-refractivity contribution in [1.82, 2.24) is 0 Å². The SMILES string of the molecule is CCCCCCCCCC(C)C1(C(F)(F)F)CCCCC1. The topological polar surface area (TPSA) is 0 Å². The molecule has 1 atom stereocenters. The Hall–Kier alpha value is -0.210. The van der Waals surface area contributed by atoms with Crippen LogP contribution in [-0.2, 0) is 0 Å². The van der Waals surface area contributed by atoms with E-state index in [1.165, 1.54) is 32.1 Å². The smallest absolute Gasteiger partial charge is 0.170 e. The van der Waals surface area contributed by atoms with Crippen LogP contribution in [0.15, 0.2) is 0 Å². The number of halogens is 3. The van der Waals surface area contributed by atoms with Crippen molar-refractivity contribution in [2.45, 2.75) is 103 Å². The molecule has 1 rings (SSSR count). The second kappa shape index (κ2) is 9.05. The minimum atomic E-state index is -4.02. The average Bonchev–Trinajstić information content (AvgIpc) is 2.45.